The van der Waals surface area contributed by atoms with Crippen LogP contribution in [0.15, 0.2) is 0 Å². The Hall–Kier alpha value is -2.32. The minimum atomic E-state index is -0.933. The van der Waals surface area contributed by atoms with Crippen LogP contribution in [0.2, 0.25) is 0 Å². The topological polar surface area (TPSA) is 114 Å². The lowest BCUT2D eigenvalue weighted by atomic mass is 9.97. The highest BCUT2D eigenvalue weighted by atomic mass is 16.6. The van der Waals surface area contributed by atoms with Crippen LogP contribution in [-0.4, -0.2) is 66.7 Å². The summed E-state index contributed by atoms with van der Waals surface area (Å²) in [6.07, 6.45) is 2.76. The predicted molar refractivity (Wildman–Crippen MR) is 103 cm³/mol. The number of nitrogens with one attached hydrogen (secondary N) is 2. The maximum Gasteiger partial charge on any atom is 0.410 e. The van der Waals surface area contributed by atoms with Gasteiger partial charge in [0, 0.05) is 19.0 Å². The van der Waals surface area contributed by atoms with E-state index in [1.807, 2.05) is 0 Å². The Kier molecular flexibility index (Phi) is 5.78. The van der Waals surface area contributed by atoms with Gasteiger partial charge in [-0.3, -0.25) is 14.5 Å². The third kappa shape index (κ3) is 5.00. The van der Waals surface area contributed by atoms with Crippen molar-refractivity contribution in [2.75, 3.05) is 20.2 Å². The molecule has 162 valence electrons. The molecule has 2 aliphatic heterocycles. The Morgan fingerprint density at radius 1 is 1.31 bits per heavy atom. The van der Waals surface area contributed by atoms with Crippen LogP contribution >= 0.6 is 0 Å². The Bertz CT molecular complexity index is 697. The highest BCUT2D eigenvalue weighted by Gasteiger charge is 2.56. The van der Waals surface area contributed by atoms with Gasteiger partial charge in [0.1, 0.15) is 17.7 Å². The smallest absolute Gasteiger partial charge is 0.410 e. The standard InChI is InChI=1S/C20H31N3O6/c1-19(2,3)29-18(27)23-11-20(6-7-20)10-14(23)16(25)22-13(17(26)28-4)9-12-5-8-21-15(12)24/h12-14H,5-11H2,1-4H3,(H,21,24)(H,22,25)/t12-,13-,14-/m0/s1. The molecule has 3 aliphatic rings. The molecule has 0 aromatic carbocycles. The van der Waals surface area contributed by atoms with Gasteiger partial charge in [-0.25, -0.2) is 9.59 Å². The fourth-order valence-corrected chi connectivity index (χ4v) is 4.12. The van der Waals surface area contributed by atoms with Crippen LogP contribution in [0.1, 0.15) is 52.9 Å². The van der Waals surface area contributed by atoms with E-state index in [-0.39, 0.29) is 23.7 Å². The Labute approximate surface area is 170 Å². The van der Waals surface area contributed by atoms with E-state index in [4.69, 9.17) is 9.47 Å². The first kappa shape index (κ1) is 21.4. The summed E-state index contributed by atoms with van der Waals surface area (Å²) in [5.41, 5.74) is -0.688. The first-order valence-corrected chi connectivity index (χ1v) is 10.2. The van der Waals surface area contributed by atoms with Gasteiger partial charge in [-0.2, -0.15) is 0 Å². The second-order valence-electron chi connectivity index (χ2n) is 9.42. The fraction of sp³-hybridized carbons (Fsp3) is 0.800. The summed E-state index contributed by atoms with van der Waals surface area (Å²) in [6, 6.07) is -1.63. The number of esters is 1. The van der Waals surface area contributed by atoms with Crippen molar-refractivity contribution in [3.05, 3.63) is 0 Å². The maximum absolute atomic E-state index is 13.1. The third-order valence-electron chi connectivity index (χ3n) is 5.88. The molecule has 1 saturated carbocycles. The summed E-state index contributed by atoms with van der Waals surface area (Å²) in [7, 11) is 1.25. The van der Waals surface area contributed by atoms with Gasteiger partial charge < -0.3 is 20.1 Å². The summed E-state index contributed by atoms with van der Waals surface area (Å²) in [5, 5.41) is 5.46. The Morgan fingerprint density at radius 2 is 2.00 bits per heavy atom. The molecule has 0 aromatic heterocycles. The lowest BCUT2D eigenvalue weighted by Crippen LogP contribution is -2.52. The first-order valence-electron chi connectivity index (χ1n) is 10.2. The van der Waals surface area contributed by atoms with E-state index in [0.29, 0.717) is 25.9 Å². The molecule has 0 bridgehead atoms. The van der Waals surface area contributed by atoms with Crippen molar-refractivity contribution in [3.8, 4) is 0 Å². The lowest BCUT2D eigenvalue weighted by Gasteiger charge is -2.29. The number of likely N-dealkylation sites (tertiary alicyclic amines) is 1. The number of methoxy groups -OCH3 is 1. The zero-order valence-corrected chi connectivity index (χ0v) is 17.6. The van der Waals surface area contributed by atoms with Gasteiger partial charge in [0.2, 0.25) is 11.8 Å². The van der Waals surface area contributed by atoms with Crippen LogP contribution in [0.3, 0.4) is 0 Å². The van der Waals surface area contributed by atoms with Crippen molar-refractivity contribution < 1.29 is 28.7 Å². The van der Waals surface area contributed by atoms with Crippen molar-refractivity contribution in [1.29, 1.82) is 0 Å². The number of hydrogen-bond acceptors (Lipinski definition) is 6. The molecule has 2 N–H and O–H groups in total. The van der Waals surface area contributed by atoms with E-state index in [0.717, 1.165) is 12.8 Å². The zero-order chi connectivity index (χ0) is 21.4. The van der Waals surface area contributed by atoms with E-state index in [2.05, 4.69) is 10.6 Å². The van der Waals surface area contributed by atoms with Gasteiger partial charge in [0.25, 0.3) is 0 Å². The normalized spacial score (nSPS) is 26.1. The van der Waals surface area contributed by atoms with Crippen molar-refractivity contribution >= 4 is 23.9 Å². The van der Waals surface area contributed by atoms with Gasteiger partial charge in [0.15, 0.2) is 0 Å². The van der Waals surface area contributed by atoms with E-state index in [1.54, 1.807) is 20.8 Å². The summed E-state index contributed by atoms with van der Waals surface area (Å²) in [5.74, 6) is -1.48. The van der Waals surface area contributed by atoms with Crippen molar-refractivity contribution in [2.24, 2.45) is 11.3 Å². The molecule has 2 heterocycles. The highest BCUT2D eigenvalue weighted by Crippen LogP contribution is 2.55. The van der Waals surface area contributed by atoms with Crippen molar-refractivity contribution in [2.45, 2.75) is 70.6 Å². The van der Waals surface area contributed by atoms with Crippen molar-refractivity contribution in [3.63, 3.8) is 0 Å². The summed E-state index contributed by atoms with van der Waals surface area (Å²) in [6.45, 7) is 6.38. The number of carbonyl (C=O) groups is 4. The molecule has 1 aliphatic carbocycles. The zero-order valence-electron chi connectivity index (χ0n) is 17.6. The van der Waals surface area contributed by atoms with Gasteiger partial charge >= 0.3 is 12.1 Å². The van der Waals surface area contributed by atoms with Gasteiger partial charge in [-0.05, 0) is 58.3 Å². The Balaban J connectivity index is 1.70. The largest absolute Gasteiger partial charge is 0.467 e. The van der Waals surface area contributed by atoms with Gasteiger partial charge in [0.05, 0.1) is 7.11 Å². The average Bonchev–Trinajstić information content (AvgIpc) is 3.08. The van der Waals surface area contributed by atoms with Gasteiger partial charge in [-0.15, -0.1) is 0 Å². The fourth-order valence-electron chi connectivity index (χ4n) is 4.12. The molecule has 3 rings (SSSR count). The number of carbonyl (C=O) groups excluding carboxylic acids is 4. The first-order chi connectivity index (χ1) is 13.5. The number of nitrogens with zero attached hydrogens (tertiary/aromatic N) is 1. The molecule has 9 heteroatoms. The molecule has 2 saturated heterocycles. The number of rotatable bonds is 5. The quantitative estimate of drug-likeness (QED) is 0.654. The molecule has 3 atom stereocenters. The minimum absolute atomic E-state index is 0.0228. The molecular formula is C20H31N3O6. The lowest BCUT2D eigenvalue weighted by molar-refractivity contribution is -0.146. The minimum Gasteiger partial charge on any atom is -0.467 e. The molecule has 3 fully saturated rings. The number of hydrogen-bond donors (Lipinski definition) is 2. The second-order valence-corrected chi connectivity index (χ2v) is 9.42. The molecule has 0 aromatic rings. The van der Waals surface area contributed by atoms with Crippen LogP contribution in [0.4, 0.5) is 4.79 Å². The monoisotopic (exact) mass is 409 g/mol. The van der Waals surface area contributed by atoms with Crippen LogP contribution in [0, 0.1) is 11.3 Å². The van der Waals surface area contributed by atoms with Crippen LogP contribution in [0.25, 0.3) is 0 Å². The number of ether oxygens (including phenoxy) is 2. The molecule has 29 heavy (non-hydrogen) atoms. The number of amides is 3. The van der Waals surface area contributed by atoms with Crippen LogP contribution in [0.5, 0.6) is 0 Å². The SMILES string of the molecule is COC(=O)[C@H](C[C@@H]1CCNC1=O)NC(=O)[C@@H]1CC2(CC2)CN1C(=O)OC(C)(C)C. The van der Waals surface area contributed by atoms with E-state index in [9.17, 15) is 19.2 Å². The average molecular weight is 409 g/mol. The van der Waals surface area contributed by atoms with E-state index < -0.39 is 35.7 Å². The highest BCUT2D eigenvalue weighted by molar-refractivity contribution is 5.91. The van der Waals surface area contributed by atoms with Crippen LogP contribution < -0.4 is 10.6 Å². The van der Waals surface area contributed by atoms with Gasteiger partial charge in [-0.1, -0.05) is 0 Å². The summed E-state index contributed by atoms with van der Waals surface area (Å²) in [4.78, 5) is 51.3. The van der Waals surface area contributed by atoms with Crippen molar-refractivity contribution in [1.82, 2.24) is 15.5 Å². The van der Waals surface area contributed by atoms with E-state index >= 15 is 0 Å². The summed E-state index contributed by atoms with van der Waals surface area (Å²) < 4.78 is 10.3. The molecular weight excluding hydrogens is 378 g/mol. The summed E-state index contributed by atoms with van der Waals surface area (Å²) >= 11 is 0. The maximum atomic E-state index is 13.1. The third-order valence-corrected chi connectivity index (χ3v) is 5.88. The Morgan fingerprint density at radius 3 is 2.52 bits per heavy atom. The van der Waals surface area contributed by atoms with E-state index in [1.165, 1.54) is 12.0 Å². The molecule has 0 radical (unpaired) electrons. The predicted octanol–water partition coefficient (Wildman–Crippen LogP) is 0.960. The molecule has 1 spiro atoms. The molecule has 9 nitrogen and oxygen atoms in total. The second kappa shape index (κ2) is 7.84. The molecule has 3 amide bonds. The molecule has 0 unspecified atom stereocenters. The van der Waals surface area contributed by atoms with Crippen LogP contribution in [-0.2, 0) is 23.9 Å².